The van der Waals surface area contributed by atoms with E-state index in [0.29, 0.717) is 19.4 Å². The number of rotatable bonds is 6. The quantitative estimate of drug-likeness (QED) is 0.828. The minimum atomic E-state index is -0.317. The number of hydrogen-bond donors (Lipinski definition) is 2. The van der Waals surface area contributed by atoms with E-state index >= 15 is 0 Å². The van der Waals surface area contributed by atoms with Crippen LogP contribution in [0.5, 0.6) is 0 Å². The van der Waals surface area contributed by atoms with Crippen molar-refractivity contribution in [2.45, 2.75) is 53.1 Å². The first-order valence-electron chi connectivity index (χ1n) is 6.95. The molecule has 2 N–H and O–H groups in total. The summed E-state index contributed by atoms with van der Waals surface area (Å²) in [6, 6.07) is 4.22. The Balaban J connectivity index is 2.53. The number of aliphatic hydroxyl groups is 1. The second-order valence-electron chi connectivity index (χ2n) is 5.25. The van der Waals surface area contributed by atoms with E-state index in [1.807, 2.05) is 20.8 Å². The van der Waals surface area contributed by atoms with Crippen molar-refractivity contribution in [3.63, 3.8) is 0 Å². The summed E-state index contributed by atoms with van der Waals surface area (Å²) < 4.78 is 0. The Morgan fingerprint density at radius 2 is 1.84 bits per heavy atom. The zero-order chi connectivity index (χ0) is 14.4. The maximum absolute atomic E-state index is 11.9. The third-order valence-electron chi connectivity index (χ3n) is 3.45. The van der Waals surface area contributed by atoms with Crippen LogP contribution in [0.2, 0.25) is 0 Å². The van der Waals surface area contributed by atoms with E-state index in [4.69, 9.17) is 0 Å². The molecule has 0 radical (unpaired) electrons. The van der Waals surface area contributed by atoms with Crippen LogP contribution >= 0.6 is 0 Å². The van der Waals surface area contributed by atoms with Crippen LogP contribution in [0.3, 0.4) is 0 Å². The standard InChI is InChI=1S/C16H25NO2/c1-5-14(18)6-7-17-16(19)10-15-12(3)8-11(2)9-13(15)4/h8-9,14,18H,5-7,10H2,1-4H3,(H,17,19). The van der Waals surface area contributed by atoms with Crippen molar-refractivity contribution in [3.05, 3.63) is 34.4 Å². The molecular formula is C16H25NO2. The average Bonchev–Trinajstić information content (AvgIpc) is 2.33. The minimum Gasteiger partial charge on any atom is -0.393 e. The lowest BCUT2D eigenvalue weighted by Crippen LogP contribution is -2.28. The van der Waals surface area contributed by atoms with Crippen molar-refractivity contribution < 1.29 is 9.90 Å². The van der Waals surface area contributed by atoms with Gasteiger partial charge in [0.1, 0.15) is 0 Å². The van der Waals surface area contributed by atoms with Gasteiger partial charge in [0.2, 0.25) is 5.91 Å². The molecule has 3 heteroatoms. The zero-order valence-electron chi connectivity index (χ0n) is 12.4. The molecule has 0 saturated heterocycles. The Bertz CT molecular complexity index is 417. The van der Waals surface area contributed by atoms with E-state index < -0.39 is 0 Å². The van der Waals surface area contributed by atoms with Gasteiger partial charge in [-0.3, -0.25) is 4.79 Å². The molecule has 0 aliphatic rings. The molecule has 0 bridgehead atoms. The van der Waals surface area contributed by atoms with Crippen LogP contribution in [0, 0.1) is 20.8 Å². The Labute approximate surface area is 116 Å². The maximum Gasteiger partial charge on any atom is 0.224 e. The topological polar surface area (TPSA) is 49.3 Å². The Kier molecular flexibility index (Phi) is 6.03. The van der Waals surface area contributed by atoms with Gasteiger partial charge in [-0.25, -0.2) is 0 Å². The first kappa shape index (κ1) is 15.7. The Hall–Kier alpha value is -1.35. The van der Waals surface area contributed by atoms with Crippen LogP contribution in [0.4, 0.5) is 0 Å². The third-order valence-corrected chi connectivity index (χ3v) is 3.45. The summed E-state index contributed by atoms with van der Waals surface area (Å²) in [6.07, 6.45) is 1.45. The third kappa shape index (κ3) is 5.03. The highest BCUT2D eigenvalue weighted by Crippen LogP contribution is 2.16. The van der Waals surface area contributed by atoms with Gasteiger partial charge >= 0.3 is 0 Å². The number of amides is 1. The molecule has 0 spiro atoms. The average molecular weight is 263 g/mol. The monoisotopic (exact) mass is 263 g/mol. The fourth-order valence-corrected chi connectivity index (χ4v) is 2.29. The molecule has 0 heterocycles. The molecule has 1 atom stereocenters. The Morgan fingerprint density at radius 1 is 1.26 bits per heavy atom. The highest BCUT2D eigenvalue weighted by Gasteiger charge is 2.09. The molecule has 1 aromatic carbocycles. The summed E-state index contributed by atoms with van der Waals surface area (Å²) in [5.74, 6) is 0.0263. The molecule has 1 unspecified atom stereocenters. The van der Waals surface area contributed by atoms with Gasteiger partial charge < -0.3 is 10.4 Å². The van der Waals surface area contributed by atoms with E-state index in [2.05, 4.69) is 24.4 Å². The maximum atomic E-state index is 11.9. The van der Waals surface area contributed by atoms with E-state index in [-0.39, 0.29) is 12.0 Å². The molecule has 19 heavy (non-hydrogen) atoms. The van der Waals surface area contributed by atoms with Crippen molar-refractivity contribution in [1.29, 1.82) is 0 Å². The summed E-state index contributed by atoms with van der Waals surface area (Å²) in [5, 5.41) is 12.3. The van der Waals surface area contributed by atoms with Crippen molar-refractivity contribution >= 4 is 5.91 Å². The molecule has 3 nitrogen and oxygen atoms in total. The summed E-state index contributed by atoms with van der Waals surface area (Å²) >= 11 is 0. The van der Waals surface area contributed by atoms with E-state index in [0.717, 1.165) is 12.0 Å². The number of benzene rings is 1. The van der Waals surface area contributed by atoms with Crippen LogP contribution in [-0.4, -0.2) is 23.7 Å². The van der Waals surface area contributed by atoms with Crippen LogP contribution in [0.1, 0.15) is 42.0 Å². The van der Waals surface area contributed by atoms with Crippen molar-refractivity contribution in [2.24, 2.45) is 0 Å². The number of carbonyl (C=O) groups is 1. The molecule has 0 saturated carbocycles. The van der Waals surface area contributed by atoms with Crippen LogP contribution in [0.25, 0.3) is 0 Å². The van der Waals surface area contributed by atoms with Crippen molar-refractivity contribution in [2.75, 3.05) is 6.54 Å². The molecule has 0 fully saturated rings. The summed E-state index contributed by atoms with van der Waals surface area (Å²) in [4.78, 5) is 11.9. The Morgan fingerprint density at radius 3 is 2.37 bits per heavy atom. The molecule has 1 amide bonds. The lowest BCUT2D eigenvalue weighted by molar-refractivity contribution is -0.120. The van der Waals surface area contributed by atoms with Gasteiger partial charge in [0.15, 0.2) is 0 Å². The smallest absolute Gasteiger partial charge is 0.224 e. The summed E-state index contributed by atoms with van der Waals surface area (Å²) in [6.45, 7) is 8.63. The number of hydrogen-bond acceptors (Lipinski definition) is 2. The molecule has 0 aromatic heterocycles. The molecule has 1 rings (SSSR count). The van der Waals surface area contributed by atoms with Gasteiger partial charge in [-0.05, 0) is 50.3 Å². The SMILES string of the molecule is CCC(O)CCNC(=O)Cc1c(C)cc(C)cc1C. The van der Waals surface area contributed by atoms with Crippen LogP contribution in [-0.2, 0) is 11.2 Å². The minimum absolute atomic E-state index is 0.0263. The second kappa shape index (κ2) is 7.29. The fourth-order valence-electron chi connectivity index (χ4n) is 2.29. The van der Waals surface area contributed by atoms with Crippen LogP contribution in [0.15, 0.2) is 12.1 Å². The lowest BCUT2D eigenvalue weighted by atomic mass is 9.97. The van der Waals surface area contributed by atoms with Gasteiger partial charge in [0.25, 0.3) is 0 Å². The van der Waals surface area contributed by atoms with Gasteiger partial charge in [0, 0.05) is 6.54 Å². The van der Waals surface area contributed by atoms with Crippen LogP contribution < -0.4 is 5.32 Å². The number of aliphatic hydroxyl groups excluding tert-OH is 1. The van der Waals surface area contributed by atoms with Crippen molar-refractivity contribution in [1.82, 2.24) is 5.32 Å². The van der Waals surface area contributed by atoms with Gasteiger partial charge in [-0.15, -0.1) is 0 Å². The highest BCUT2D eigenvalue weighted by molar-refractivity contribution is 5.79. The molecule has 106 valence electrons. The van der Waals surface area contributed by atoms with E-state index in [9.17, 15) is 9.90 Å². The molecule has 1 aromatic rings. The van der Waals surface area contributed by atoms with E-state index in [1.165, 1.54) is 16.7 Å². The molecule has 0 aliphatic carbocycles. The molecular weight excluding hydrogens is 238 g/mol. The first-order chi connectivity index (χ1) is 8.93. The normalized spacial score (nSPS) is 12.3. The van der Waals surface area contributed by atoms with E-state index in [1.54, 1.807) is 0 Å². The van der Waals surface area contributed by atoms with Gasteiger partial charge in [0.05, 0.1) is 12.5 Å². The largest absolute Gasteiger partial charge is 0.393 e. The van der Waals surface area contributed by atoms with Gasteiger partial charge in [-0.1, -0.05) is 24.6 Å². The predicted molar refractivity (Wildman–Crippen MR) is 78.3 cm³/mol. The second-order valence-corrected chi connectivity index (χ2v) is 5.25. The summed E-state index contributed by atoms with van der Waals surface area (Å²) in [7, 11) is 0. The number of aryl methyl sites for hydroxylation is 3. The first-order valence-corrected chi connectivity index (χ1v) is 6.95. The number of carbonyl (C=O) groups excluding carboxylic acids is 1. The van der Waals surface area contributed by atoms with Crippen molar-refractivity contribution in [3.8, 4) is 0 Å². The number of nitrogens with one attached hydrogen (secondary N) is 1. The highest BCUT2D eigenvalue weighted by atomic mass is 16.3. The lowest BCUT2D eigenvalue weighted by Gasteiger charge is -2.12. The predicted octanol–water partition coefficient (Wildman–Crippen LogP) is 2.43. The zero-order valence-corrected chi connectivity index (χ0v) is 12.4. The summed E-state index contributed by atoms with van der Waals surface area (Å²) in [5.41, 5.74) is 4.67. The molecule has 0 aliphatic heterocycles. The van der Waals surface area contributed by atoms with Gasteiger partial charge in [-0.2, -0.15) is 0 Å². The fraction of sp³-hybridized carbons (Fsp3) is 0.562.